The Hall–Kier alpha value is -0.220. The minimum atomic E-state index is -2.58. The summed E-state index contributed by atoms with van der Waals surface area (Å²) in [7, 11) is 0. The first-order valence-corrected chi connectivity index (χ1v) is 4.47. The predicted molar refractivity (Wildman–Crippen MR) is 46.5 cm³/mol. The van der Waals surface area contributed by atoms with E-state index >= 15 is 0 Å². The van der Waals surface area contributed by atoms with Gasteiger partial charge in [-0.3, -0.25) is 0 Å². The summed E-state index contributed by atoms with van der Waals surface area (Å²) < 4.78 is 25.5. The van der Waals surface area contributed by atoms with E-state index in [1.165, 1.54) is 0 Å². The second-order valence-corrected chi connectivity index (χ2v) is 4.74. The van der Waals surface area contributed by atoms with Gasteiger partial charge in [0.15, 0.2) is 0 Å². The van der Waals surface area contributed by atoms with E-state index in [2.05, 4.69) is 0 Å². The summed E-state index contributed by atoms with van der Waals surface area (Å²) in [5.41, 5.74) is 4.42. The van der Waals surface area contributed by atoms with Gasteiger partial charge in [-0.05, 0) is 12.0 Å². The minimum absolute atomic E-state index is 0.0969. The molecule has 0 radical (unpaired) electrons. The van der Waals surface area contributed by atoms with Crippen LogP contribution in [0.5, 0.6) is 0 Å². The molecule has 0 aliphatic heterocycles. The molecule has 13 heavy (non-hydrogen) atoms. The Morgan fingerprint density at radius 2 is 1.85 bits per heavy atom. The van der Waals surface area contributed by atoms with Crippen molar-refractivity contribution in [3.8, 4) is 0 Å². The molecule has 1 saturated carbocycles. The van der Waals surface area contributed by atoms with E-state index in [0.29, 0.717) is 0 Å². The lowest BCUT2D eigenvalue weighted by Crippen LogP contribution is -2.59. The zero-order chi connectivity index (χ0) is 10.3. The average Bonchev–Trinajstić information content (AvgIpc) is 1.99. The molecule has 4 heteroatoms. The van der Waals surface area contributed by atoms with Gasteiger partial charge in [0.25, 0.3) is 0 Å². The van der Waals surface area contributed by atoms with Gasteiger partial charge in [0.1, 0.15) is 0 Å². The number of aliphatic hydroxyl groups is 1. The van der Waals surface area contributed by atoms with Crippen molar-refractivity contribution in [3.63, 3.8) is 0 Å². The van der Waals surface area contributed by atoms with Gasteiger partial charge in [-0.15, -0.1) is 0 Å². The first kappa shape index (κ1) is 10.9. The van der Waals surface area contributed by atoms with Crippen LogP contribution in [-0.4, -0.2) is 24.2 Å². The van der Waals surface area contributed by atoms with Crippen LogP contribution >= 0.6 is 0 Å². The Bertz CT molecular complexity index is 196. The fraction of sp³-hybridized carbons (Fsp3) is 1.00. The Morgan fingerprint density at radius 3 is 2.08 bits per heavy atom. The third kappa shape index (κ3) is 1.57. The van der Waals surface area contributed by atoms with Crippen molar-refractivity contribution in [3.05, 3.63) is 0 Å². The summed E-state index contributed by atoms with van der Waals surface area (Å²) in [4.78, 5) is 0. The molecule has 0 bridgehead atoms. The third-order valence-electron chi connectivity index (χ3n) is 3.42. The number of hydrogen-bond donors (Lipinski definition) is 2. The van der Waals surface area contributed by atoms with Gasteiger partial charge >= 0.3 is 0 Å². The quantitative estimate of drug-likeness (QED) is 0.711. The van der Waals surface area contributed by atoms with Gasteiger partial charge in [0.05, 0.1) is 0 Å². The Labute approximate surface area is 77.1 Å². The van der Waals surface area contributed by atoms with Crippen LogP contribution in [0.15, 0.2) is 0 Å². The molecule has 0 heterocycles. The van der Waals surface area contributed by atoms with Gasteiger partial charge in [0.2, 0.25) is 5.92 Å². The maximum atomic E-state index is 12.7. The van der Waals surface area contributed by atoms with Crippen LogP contribution in [0.4, 0.5) is 8.78 Å². The highest BCUT2D eigenvalue weighted by Crippen LogP contribution is 2.59. The Balaban J connectivity index is 2.76. The number of hydrogen-bond acceptors (Lipinski definition) is 2. The molecule has 2 nitrogen and oxygen atoms in total. The van der Waals surface area contributed by atoms with Crippen molar-refractivity contribution in [2.75, 3.05) is 13.2 Å². The van der Waals surface area contributed by atoms with Crippen molar-refractivity contribution in [2.45, 2.75) is 32.6 Å². The van der Waals surface area contributed by atoms with Crippen molar-refractivity contribution in [1.82, 2.24) is 0 Å². The molecule has 0 atom stereocenters. The van der Waals surface area contributed by atoms with Crippen molar-refractivity contribution in [1.29, 1.82) is 0 Å². The predicted octanol–water partition coefficient (Wildman–Crippen LogP) is 1.38. The van der Waals surface area contributed by atoms with Crippen molar-refractivity contribution >= 4 is 0 Å². The third-order valence-corrected chi connectivity index (χ3v) is 3.42. The Kier molecular flexibility index (Phi) is 2.41. The van der Waals surface area contributed by atoms with E-state index in [1.807, 2.05) is 0 Å². The lowest BCUT2D eigenvalue weighted by molar-refractivity contribution is -0.206. The topological polar surface area (TPSA) is 46.2 Å². The number of nitrogens with two attached hydrogens (primary N) is 1. The molecule has 3 N–H and O–H groups in total. The lowest BCUT2D eigenvalue weighted by atomic mass is 9.53. The maximum absolute atomic E-state index is 12.7. The fourth-order valence-corrected chi connectivity index (χ4v) is 2.01. The van der Waals surface area contributed by atoms with E-state index in [4.69, 9.17) is 10.8 Å². The average molecular weight is 193 g/mol. The van der Waals surface area contributed by atoms with Crippen LogP contribution in [0.3, 0.4) is 0 Å². The number of halogens is 2. The molecular weight excluding hydrogens is 176 g/mol. The minimum Gasteiger partial charge on any atom is -0.396 e. The van der Waals surface area contributed by atoms with Gasteiger partial charge in [-0.2, -0.15) is 0 Å². The summed E-state index contributed by atoms with van der Waals surface area (Å²) in [6.07, 6.45) is -0.381. The van der Waals surface area contributed by atoms with Gasteiger partial charge in [-0.25, -0.2) is 8.78 Å². The van der Waals surface area contributed by atoms with Gasteiger partial charge < -0.3 is 10.8 Å². The fourth-order valence-electron chi connectivity index (χ4n) is 2.01. The number of aliphatic hydroxyl groups excluding tert-OH is 1. The summed E-state index contributed by atoms with van der Waals surface area (Å²) in [6, 6.07) is 0. The second-order valence-electron chi connectivity index (χ2n) is 4.74. The molecule has 1 rings (SSSR count). The zero-order valence-corrected chi connectivity index (χ0v) is 8.11. The van der Waals surface area contributed by atoms with E-state index < -0.39 is 16.8 Å². The monoisotopic (exact) mass is 193 g/mol. The highest BCUT2D eigenvalue weighted by atomic mass is 19.3. The number of rotatable bonds is 3. The van der Waals surface area contributed by atoms with Crippen LogP contribution < -0.4 is 5.73 Å². The highest BCUT2D eigenvalue weighted by molar-refractivity contribution is 5.06. The molecule has 0 saturated heterocycles. The van der Waals surface area contributed by atoms with E-state index in [9.17, 15) is 8.78 Å². The molecule has 1 fully saturated rings. The largest absolute Gasteiger partial charge is 0.396 e. The molecule has 1 aliphatic rings. The first-order valence-electron chi connectivity index (χ1n) is 4.47. The molecule has 78 valence electrons. The first-order chi connectivity index (χ1) is 5.79. The summed E-state index contributed by atoms with van der Waals surface area (Å²) in [5.74, 6) is -2.58. The van der Waals surface area contributed by atoms with Crippen LogP contribution in [0.1, 0.15) is 26.7 Å². The van der Waals surface area contributed by atoms with Gasteiger partial charge in [-0.1, -0.05) is 13.8 Å². The van der Waals surface area contributed by atoms with E-state index in [-0.39, 0.29) is 26.0 Å². The van der Waals surface area contributed by atoms with E-state index in [0.717, 1.165) is 0 Å². The zero-order valence-electron chi connectivity index (χ0n) is 8.11. The molecule has 0 unspecified atom stereocenters. The van der Waals surface area contributed by atoms with Crippen LogP contribution in [-0.2, 0) is 0 Å². The van der Waals surface area contributed by atoms with Crippen LogP contribution in [0.25, 0.3) is 0 Å². The molecule has 0 aromatic carbocycles. The summed E-state index contributed by atoms with van der Waals surface area (Å²) >= 11 is 0. The summed E-state index contributed by atoms with van der Waals surface area (Å²) in [6.45, 7) is 3.70. The van der Waals surface area contributed by atoms with Crippen LogP contribution in [0, 0.1) is 10.8 Å². The molecule has 1 aliphatic carbocycles. The SMILES string of the molecule is CC(C)(CO)C1(CN)CC(F)(F)C1. The molecule has 0 aromatic heterocycles. The molecule has 0 aromatic rings. The molecule has 0 spiro atoms. The standard InChI is InChI=1S/C9H17F2NO/c1-7(2,6-13)8(5-12)3-9(10,11)4-8/h13H,3-6,12H2,1-2H3. The second kappa shape index (κ2) is 2.89. The van der Waals surface area contributed by atoms with Crippen molar-refractivity contribution < 1.29 is 13.9 Å². The summed E-state index contributed by atoms with van der Waals surface area (Å²) in [5, 5.41) is 9.10. The maximum Gasteiger partial charge on any atom is 0.249 e. The van der Waals surface area contributed by atoms with E-state index in [1.54, 1.807) is 13.8 Å². The highest BCUT2D eigenvalue weighted by Gasteiger charge is 2.61. The van der Waals surface area contributed by atoms with Crippen LogP contribution in [0.2, 0.25) is 0 Å². The smallest absolute Gasteiger partial charge is 0.249 e. The molecular formula is C9H17F2NO. The van der Waals surface area contributed by atoms with Gasteiger partial charge in [0, 0.05) is 24.9 Å². The van der Waals surface area contributed by atoms with Crippen molar-refractivity contribution in [2.24, 2.45) is 16.6 Å². The molecule has 0 amide bonds. The lowest BCUT2D eigenvalue weighted by Gasteiger charge is -2.55. The Morgan fingerprint density at radius 1 is 1.38 bits per heavy atom. The normalized spacial score (nSPS) is 25.4. The number of alkyl halides is 2.